The summed E-state index contributed by atoms with van der Waals surface area (Å²) >= 11 is 0. The molecule has 1 aromatic carbocycles. The number of ether oxygens (including phenoxy) is 2. The number of carbonyl (C=O) groups excluding carboxylic acids is 1. The van der Waals surface area contributed by atoms with Crippen molar-refractivity contribution >= 4 is 5.97 Å². The summed E-state index contributed by atoms with van der Waals surface area (Å²) in [5, 5.41) is 0. The average Bonchev–Trinajstić information content (AvgIpc) is 2.61. The van der Waals surface area contributed by atoms with E-state index in [9.17, 15) is 9.18 Å². The Labute approximate surface area is 160 Å². The van der Waals surface area contributed by atoms with E-state index < -0.39 is 5.97 Å². The van der Waals surface area contributed by atoms with Crippen molar-refractivity contribution in [3.05, 3.63) is 52.6 Å². The van der Waals surface area contributed by atoms with Crippen LogP contribution in [0, 0.1) is 5.82 Å². The fourth-order valence-electron chi connectivity index (χ4n) is 3.19. The van der Waals surface area contributed by atoms with Gasteiger partial charge >= 0.3 is 5.97 Å². The molecule has 0 aliphatic carbocycles. The minimum Gasteiger partial charge on any atom is -0.462 e. The highest BCUT2D eigenvalue weighted by Gasteiger charge is 2.28. The highest BCUT2D eigenvalue weighted by atomic mass is 19.1. The van der Waals surface area contributed by atoms with Crippen molar-refractivity contribution in [3.63, 3.8) is 0 Å². The van der Waals surface area contributed by atoms with Crippen LogP contribution in [-0.4, -0.2) is 24.7 Å². The van der Waals surface area contributed by atoms with Gasteiger partial charge in [-0.2, -0.15) is 0 Å². The van der Waals surface area contributed by atoms with Gasteiger partial charge in [-0.25, -0.2) is 9.18 Å². The lowest BCUT2D eigenvalue weighted by Gasteiger charge is -2.23. The minimum absolute atomic E-state index is 0.0256. The molecule has 0 aliphatic heterocycles. The minimum atomic E-state index is -0.416. The van der Waals surface area contributed by atoms with Gasteiger partial charge in [-0.1, -0.05) is 39.8 Å². The second kappa shape index (κ2) is 9.09. The van der Waals surface area contributed by atoms with Gasteiger partial charge in [0.1, 0.15) is 5.82 Å². The van der Waals surface area contributed by atoms with Crippen LogP contribution in [0.25, 0.3) is 11.1 Å². The molecular weight excluding hydrogens is 345 g/mol. The molecule has 27 heavy (non-hydrogen) atoms. The third-order valence-corrected chi connectivity index (χ3v) is 4.35. The van der Waals surface area contributed by atoms with Crippen LogP contribution >= 0.6 is 0 Å². The van der Waals surface area contributed by atoms with Crippen molar-refractivity contribution in [2.45, 2.75) is 53.1 Å². The molecule has 0 N–H and O–H groups in total. The normalized spacial score (nSPS) is 11.3. The molecule has 5 heteroatoms. The van der Waals surface area contributed by atoms with Gasteiger partial charge in [0.2, 0.25) is 0 Å². The van der Waals surface area contributed by atoms with Gasteiger partial charge in [0.15, 0.2) is 0 Å². The summed E-state index contributed by atoms with van der Waals surface area (Å²) < 4.78 is 24.3. The van der Waals surface area contributed by atoms with Crippen molar-refractivity contribution in [2.75, 3.05) is 13.7 Å². The molecule has 0 saturated carbocycles. The van der Waals surface area contributed by atoms with Crippen LogP contribution in [0.2, 0.25) is 0 Å². The van der Waals surface area contributed by atoms with Crippen molar-refractivity contribution in [3.8, 4) is 11.1 Å². The SMILES string of the molecule is CCOC(=O)c1c(C(C)C)nc(C(C)C)c(COC)c1-c1ccc(F)cc1. The molecule has 2 rings (SSSR count). The first-order chi connectivity index (χ1) is 12.8. The van der Waals surface area contributed by atoms with Crippen molar-refractivity contribution < 1.29 is 18.7 Å². The first-order valence-electron chi connectivity index (χ1n) is 9.30. The highest BCUT2D eigenvalue weighted by Crippen LogP contribution is 2.37. The Morgan fingerprint density at radius 3 is 2.15 bits per heavy atom. The molecule has 146 valence electrons. The molecule has 0 radical (unpaired) electrons. The van der Waals surface area contributed by atoms with Crippen molar-refractivity contribution in [2.24, 2.45) is 0 Å². The number of nitrogens with zero attached hydrogens (tertiary/aromatic N) is 1. The molecule has 0 amide bonds. The number of benzene rings is 1. The lowest BCUT2D eigenvalue weighted by molar-refractivity contribution is 0.0524. The van der Waals surface area contributed by atoms with Gasteiger partial charge in [0.05, 0.1) is 24.5 Å². The van der Waals surface area contributed by atoms with Crippen LogP contribution in [0.15, 0.2) is 24.3 Å². The maximum absolute atomic E-state index is 13.5. The van der Waals surface area contributed by atoms with Gasteiger partial charge in [-0.05, 0) is 36.5 Å². The van der Waals surface area contributed by atoms with E-state index in [1.54, 1.807) is 26.2 Å². The maximum atomic E-state index is 13.5. The van der Waals surface area contributed by atoms with Gasteiger partial charge in [0.25, 0.3) is 0 Å². The molecule has 0 unspecified atom stereocenters. The number of rotatable bonds is 7. The van der Waals surface area contributed by atoms with Gasteiger partial charge in [-0.15, -0.1) is 0 Å². The monoisotopic (exact) mass is 373 g/mol. The van der Waals surface area contributed by atoms with E-state index in [2.05, 4.69) is 13.8 Å². The van der Waals surface area contributed by atoms with E-state index in [0.717, 1.165) is 22.4 Å². The molecule has 0 fully saturated rings. The van der Waals surface area contributed by atoms with E-state index in [1.807, 2.05) is 13.8 Å². The van der Waals surface area contributed by atoms with Crippen molar-refractivity contribution in [1.29, 1.82) is 0 Å². The second-order valence-corrected chi connectivity index (χ2v) is 7.08. The second-order valence-electron chi connectivity index (χ2n) is 7.08. The summed E-state index contributed by atoms with van der Waals surface area (Å²) in [6.07, 6.45) is 0. The van der Waals surface area contributed by atoms with Gasteiger partial charge < -0.3 is 9.47 Å². The molecule has 2 aromatic rings. The number of methoxy groups -OCH3 is 1. The number of pyridine rings is 1. The fraction of sp³-hybridized carbons (Fsp3) is 0.455. The van der Waals surface area contributed by atoms with E-state index in [1.165, 1.54) is 12.1 Å². The fourth-order valence-corrected chi connectivity index (χ4v) is 3.19. The molecule has 0 bridgehead atoms. The molecule has 0 aliphatic rings. The predicted octanol–water partition coefficient (Wildman–Crippen LogP) is 5.46. The Kier molecular flexibility index (Phi) is 7.08. The lowest BCUT2D eigenvalue weighted by Crippen LogP contribution is -2.18. The van der Waals surface area contributed by atoms with Gasteiger partial charge in [0, 0.05) is 23.9 Å². The molecule has 0 saturated heterocycles. The summed E-state index contributed by atoms with van der Waals surface area (Å²) in [7, 11) is 1.61. The molecule has 1 aromatic heterocycles. The zero-order valence-corrected chi connectivity index (χ0v) is 16.9. The third kappa shape index (κ3) is 4.53. The number of carbonyl (C=O) groups is 1. The summed E-state index contributed by atoms with van der Waals surface area (Å²) in [6.45, 7) is 10.5. The number of hydrogen-bond donors (Lipinski definition) is 0. The Hall–Kier alpha value is -2.27. The van der Waals surface area contributed by atoms with E-state index in [-0.39, 0.29) is 24.3 Å². The lowest BCUT2D eigenvalue weighted by atomic mass is 9.87. The van der Waals surface area contributed by atoms with Crippen LogP contribution in [0.4, 0.5) is 4.39 Å². The Morgan fingerprint density at radius 2 is 1.67 bits per heavy atom. The van der Waals surface area contributed by atoms with Crippen LogP contribution in [0.1, 0.15) is 73.8 Å². The Balaban J connectivity index is 2.95. The number of aromatic nitrogens is 1. The molecule has 0 spiro atoms. The zero-order valence-electron chi connectivity index (χ0n) is 16.9. The predicted molar refractivity (Wildman–Crippen MR) is 104 cm³/mol. The standard InChI is InChI=1S/C22H28FNO3/c1-7-27-22(25)19-18(15-8-10-16(23)11-9-15)17(12-26-6)20(13(2)3)24-21(19)14(4)5/h8-11,13-14H,7,12H2,1-6H3. The number of halogens is 1. The first-order valence-corrected chi connectivity index (χ1v) is 9.30. The van der Waals surface area contributed by atoms with Crippen LogP contribution < -0.4 is 0 Å². The number of hydrogen-bond acceptors (Lipinski definition) is 4. The van der Waals surface area contributed by atoms with E-state index in [0.29, 0.717) is 17.9 Å². The van der Waals surface area contributed by atoms with Crippen LogP contribution in [-0.2, 0) is 16.1 Å². The summed E-state index contributed by atoms with van der Waals surface area (Å²) in [4.78, 5) is 17.7. The molecule has 0 atom stereocenters. The van der Waals surface area contributed by atoms with Gasteiger partial charge in [-0.3, -0.25) is 4.98 Å². The van der Waals surface area contributed by atoms with Crippen LogP contribution in [0.3, 0.4) is 0 Å². The van der Waals surface area contributed by atoms with E-state index in [4.69, 9.17) is 14.5 Å². The third-order valence-electron chi connectivity index (χ3n) is 4.35. The molecule has 4 nitrogen and oxygen atoms in total. The Morgan fingerprint density at radius 1 is 1.07 bits per heavy atom. The van der Waals surface area contributed by atoms with Crippen molar-refractivity contribution in [1.82, 2.24) is 4.98 Å². The maximum Gasteiger partial charge on any atom is 0.340 e. The quantitative estimate of drug-likeness (QED) is 0.605. The van der Waals surface area contributed by atoms with Crippen LogP contribution in [0.5, 0.6) is 0 Å². The topological polar surface area (TPSA) is 48.4 Å². The highest BCUT2D eigenvalue weighted by molar-refractivity contribution is 5.99. The summed E-state index contributed by atoms with van der Waals surface area (Å²) in [6, 6.07) is 6.15. The summed E-state index contributed by atoms with van der Waals surface area (Å²) in [5.41, 5.74) is 4.32. The largest absolute Gasteiger partial charge is 0.462 e. The average molecular weight is 373 g/mol. The first kappa shape index (κ1) is 21.0. The smallest absolute Gasteiger partial charge is 0.340 e. The zero-order chi connectivity index (χ0) is 20.1. The molecular formula is C22H28FNO3. The molecule has 1 heterocycles. The van der Waals surface area contributed by atoms with E-state index >= 15 is 0 Å². The summed E-state index contributed by atoms with van der Waals surface area (Å²) in [5.74, 6) is -0.576. The Bertz CT molecular complexity index is 798. The number of esters is 1.